The second-order valence-corrected chi connectivity index (χ2v) is 8.97. The van der Waals surface area contributed by atoms with Crippen LogP contribution in [-0.2, 0) is 14.8 Å². The molecule has 8 heteroatoms. The normalized spacial score (nSPS) is 11.0. The SMILES string of the molecule is O=C(CCCOc1ccccc1Br)Nc1cccc(NS(=O)(=O)c2ccccc2)c1. The maximum Gasteiger partial charge on any atom is 0.261 e. The number of hydrogen-bond donors (Lipinski definition) is 2. The molecular formula is C22H21BrN2O4S. The van der Waals surface area contributed by atoms with E-state index in [0.717, 1.165) is 10.2 Å². The molecule has 0 fully saturated rings. The highest BCUT2D eigenvalue weighted by Crippen LogP contribution is 2.24. The van der Waals surface area contributed by atoms with Crippen LogP contribution >= 0.6 is 15.9 Å². The summed E-state index contributed by atoms with van der Waals surface area (Å²) < 4.78 is 33.9. The van der Waals surface area contributed by atoms with Crippen LogP contribution in [0.3, 0.4) is 0 Å². The molecule has 0 bridgehead atoms. The number of halogens is 1. The van der Waals surface area contributed by atoms with Gasteiger partial charge < -0.3 is 10.1 Å². The van der Waals surface area contributed by atoms with E-state index in [1.54, 1.807) is 42.5 Å². The molecule has 0 unspecified atom stereocenters. The van der Waals surface area contributed by atoms with E-state index in [2.05, 4.69) is 26.0 Å². The molecule has 0 saturated heterocycles. The molecule has 0 spiro atoms. The monoisotopic (exact) mass is 488 g/mol. The lowest BCUT2D eigenvalue weighted by Gasteiger charge is -2.11. The molecule has 0 radical (unpaired) electrons. The Bertz CT molecular complexity index is 1100. The van der Waals surface area contributed by atoms with Gasteiger partial charge in [0.25, 0.3) is 10.0 Å². The van der Waals surface area contributed by atoms with E-state index in [-0.39, 0.29) is 17.2 Å². The fourth-order valence-electron chi connectivity index (χ4n) is 2.67. The maximum absolute atomic E-state index is 12.4. The Hall–Kier alpha value is -2.84. The summed E-state index contributed by atoms with van der Waals surface area (Å²) in [5, 5.41) is 2.78. The molecule has 0 heterocycles. The molecule has 30 heavy (non-hydrogen) atoms. The lowest BCUT2D eigenvalue weighted by molar-refractivity contribution is -0.116. The maximum atomic E-state index is 12.4. The van der Waals surface area contributed by atoms with Crippen LogP contribution in [0.2, 0.25) is 0 Å². The van der Waals surface area contributed by atoms with Crippen molar-refractivity contribution in [3.05, 3.63) is 83.3 Å². The third-order valence-corrected chi connectivity index (χ3v) is 6.15. The molecular weight excluding hydrogens is 468 g/mol. The standard InChI is InChI=1S/C22H21BrN2O4S/c23-20-12-4-5-13-21(20)29-15-7-14-22(26)24-17-8-6-9-18(16-17)25-30(27,28)19-10-2-1-3-11-19/h1-6,8-13,16,25H,7,14-15H2,(H,24,26). The van der Waals surface area contributed by atoms with Gasteiger partial charge in [-0.15, -0.1) is 0 Å². The Balaban J connectivity index is 1.51. The van der Waals surface area contributed by atoms with Crippen molar-refractivity contribution in [2.45, 2.75) is 17.7 Å². The van der Waals surface area contributed by atoms with Crippen LogP contribution in [0.15, 0.2) is 88.2 Å². The molecule has 0 saturated carbocycles. The Labute approximate surface area is 184 Å². The fraction of sp³-hybridized carbons (Fsp3) is 0.136. The predicted molar refractivity (Wildman–Crippen MR) is 121 cm³/mol. The number of carbonyl (C=O) groups is 1. The minimum Gasteiger partial charge on any atom is -0.492 e. The first-order valence-corrected chi connectivity index (χ1v) is 11.6. The number of amides is 1. The number of benzene rings is 3. The van der Waals surface area contributed by atoms with Gasteiger partial charge >= 0.3 is 0 Å². The first-order chi connectivity index (χ1) is 14.4. The summed E-state index contributed by atoms with van der Waals surface area (Å²) in [7, 11) is -3.69. The summed E-state index contributed by atoms with van der Waals surface area (Å²) in [6.45, 7) is 0.410. The van der Waals surface area contributed by atoms with Crippen molar-refractivity contribution < 1.29 is 17.9 Å². The van der Waals surface area contributed by atoms with E-state index in [1.807, 2.05) is 24.3 Å². The number of para-hydroxylation sites is 1. The number of ether oxygens (including phenoxy) is 1. The van der Waals surface area contributed by atoms with E-state index in [9.17, 15) is 13.2 Å². The molecule has 6 nitrogen and oxygen atoms in total. The van der Waals surface area contributed by atoms with Gasteiger partial charge in [0, 0.05) is 12.1 Å². The second kappa shape index (κ2) is 10.3. The molecule has 0 atom stereocenters. The molecule has 3 aromatic carbocycles. The highest BCUT2D eigenvalue weighted by atomic mass is 79.9. The van der Waals surface area contributed by atoms with Crippen LogP contribution in [0.1, 0.15) is 12.8 Å². The largest absolute Gasteiger partial charge is 0.492 e. The minimum absolute atomic E-state index is 0.171. The number of hydrogen-bond acceptors (Lipinski definition) is 4. The highest BCUT2D eigenvalue weighted by molar-refractivity contribution is 9.10. The number of carbonyl (C=O) groups excluding carboxylic acids is 1. The number of rotatable bonds is 9. The van der Waals surface area contributed by atoms with Crippen molar-refractivity contribution in [3.8, 4) is 5.75 Å². The van der Waals surface area contributed by atoms with Crippen molar-refractivity contribution in [2.75, 3.05) is 16.6 Å². The van der Waals surface area contributed by atoms with Crippen molar-refractivity contribution >= 4 is 43.2 Å². The number of anilines is 2. The van der Waals surface area contributed by atoms with Crippen molar-refractivity contribution in [3.63, 3.8) is 0 Å². The molecule has 0 aromatic heterocycles. The Kier molecular flexibility index (Phi) is 7.48. The summed E-state index contributed by atoms with van der Waals surface area (Å²) in [5.41, 5.74) is 0.883. The third-order valence-electron chi connectivity index (χ3n) is 4.09. The van der Waals surface area contributed by atoms with Gasteiger partial charge in [-0.05, 0) is 64.8 Å². The van der Waals surface area contributed by atoms with E-state index >= 15 is 0 Å². The van der Waals surface area contributed by atoms with Crippen LogP contribution < -0.4 is 14.8 Å². The summed E-state index contributed by atoms with van der Waals surface area (Å²) in [4.78, 5) is 12.4. The predicted octanol–water partition coefficient (Wildman–Crippen LogP) is 5.05. The summed E-state index contributed by atoms with van der Waals surface area (Å²) >= 11 is 3.41. The molecule has 0 aliphatic carbocycles. The Morgan fingerprint density at radius 2 is 1.60 bits per heavy atom. The topological polar surface area (TPSA) is 84.5 Å². The van der Waals surface area contributed by atoms with Crippen LogP contribution in [0.5, 0.6) is 5.75 Å². The lowest BCUT2D eigenvalue weighted by Crippen LogP contribution is -2.14. The molecule has 3 rings (SSSR count). The van der Waals surface area contributed by atoms with Gasteiger partial charge in [-0.3, -0.25) is 9.52 Å². The third kappa shape index (κ3) is 6.33. The van der Waals surface area contributed by atoms with Gasteiger partial charge in [-0.1, -0.05) is 36.4 Å². The molecule has 0 aliphatic rings. The number of nitrogens with one attached hydrogen (secondary N) is 2. The quantitative estimate of drug-likeness (QED) is 0.412. The smallest absolute Gasteiger partial charge is 0.261 e. The average Bonchev–Trinajstić information content (AvgIpc) is 2.73. The number of sulfonamides is 1. The van der Waals surface area contributed by atoms with E-state index < -0.39 is 10.0 Å². The van der Waals surface area contributed by atoms with Gasteiger partial charge in [-0.25, -0.2) is 8.42 Å². The molecule has 3 aromatic rings. The Morgan fingerprint density at radius 1 is 0.900 bits per heavy atom. The van der Waals surface area contributed by atoms with Crippen molar-refractivity contribution in [1.82, 2.24) is 0 Å². The van der Waals surface area contributed by atoms with E-state index in [4.69, 9.17) is 4.74 Å². The molecule has 1 amide bonds. The van der Waals surface area contributed by atoms with E-state index in [0.29, 0.717) is 24.4 Å². The fourth-order valence-corrected chi connectivity index (χ4v) is 4.14. The highest BCUT2D eigenvalue weighted by Gasteiger charge is 2.13. The second-order valence-electron chi connectivity index (χ2n) is 6.43. The molecule has 0 aliphatic heterocycles. The molecule has 2 N–H and O–H groups in total. The first-order valence-electron chi connectivity index (χ1n) is 9.29. The van der Waals surface area contributed by atoms with Crippen LogP contribution in [0, 0.1) is 0 Å². The van der Waals surface area contributed by atoms with Crippen molar-refractivity contribution in [1.29, 1.82) is 0 Å². The van der Waals surface area contributed by atoms with Gasteiger partial charge in [0.2, 0.25) is 5.91 Å². The zero-order valence-electron chi connectivity index (χ0n) is 16.0. The molecule has 156 valence electrons. The minimum atomic E-state index is -3.69. The van der Waals surface area contributed by atoms with Gasteiger partial charge in [0.05, 0.1) is 21.7 Å². The van der Waals surface area contributed by atoms with Crippen LogP contribution in [0.4, 0.5) is 11.4 Å². The van der Waals surface area contributed by atoms with Crippen molar-refractivity contribution in [2.24, 2.45) is 0 Å². The summed E-state index contributed by atoms with van der Waals surface area (Å²) in [6, 6.07) is 22.2. The summed E-state index contributed by atoms with van der Waals surface area (Å²) in [5.74, 6) is 0.560. The van der Waals surface area contributed by atoms with Crippen LogP contribution in [0.25, 0.3) is 0 Å². The average molecular weight is 489 g/mol. The van der Waals surface area contributed by atoms with Gasteiger partial charge in [0.1, 0.15) is 5.75 Å². The van der Waals surface area contributed by atoms with E-state index in [1.165, 1.54) is 12.1 Å². The zero-order valence-corrected chi connectivity index (χ0v) is 18.4. The first kappa shape index (κ1) is 21.9. The Morgan fingerprint density at radius 3 is 2.37 bits per heavy atom. The van der Waals surface area contributed by atoms with Crippen LogP contribution in [-0.4, -0.2) is 20.9 Å². The van der Waals surface area contributed by atoms with Gasteiger partial charge in [-0.2, -0.15) is 0 Å². The lowest BCUT2D eigenvalue weighted by atomic mass is 10.2. The zero-order chi connectivity index (χ0) is 21.4. The van der Waals surface area contributed by atoms with Gasteiger partial charge in [0.15, 0.2) is 0 Å². The summed E-state index contributed by atoms with van der Waals surface area (Å²) in [6.07, 6.45) is 0.831.